The lowest BCUT2D eigenvalue weighted by Crippen LogP contribution is -2.52. The summed E-state index contributed by atoms with van der Waals surface area (Å²) in [6.07, 6.45) is 1.51. The zero-order valence-electron chi connectivity index (χ0n) is 12.4. The largest absolute Gasteiger partial charge is 0.481 e. The predicted octanol–water partition coefficient (Wildman–Crippen LogP) is 2.23. The van der Waals surface area contributed by atoms with E-state index in [1.165, 1.54) is 4.90 Å². The molecule has 0 bridgehead atoms. The molecule has 1 unspecified atom stereocenters. The third-order valence-electron chi connectivity index (χ3n) is 3.72. The number of aryl methyl sites for hydroxylation is 1. The fourth-order valence-electron chi connectivity index (χ4n) is 2.63. The van der Waals surface area contributed by atoms with Gasteiger partial charge in [0.25, 0.3) is 5.91 Å². The molecule has 5 nitrogen and oxygen atoms in total. The molecule has 2 atom stereocenters. The number of ether oxygens (including phenoxy) is 1. The quantitative estimate of drug-likeness (QED) is 0.923. The molecule has 21 heavy (non-hydrogen) atoms. The third kappa shape index (κ3) is 3.74. The van der Waals surface area contributed by atoms with Crippen molar-refractivity contribution < 1.29 is 19.4 Å². The summed E-state index contributed by atoms with van der Waals surface area (Å²) in [5, 5.41) is 9.23. The average Bonchev–Trinajstić information content (AvgIpc) is 2.46. The van der Waals surface area contributed by atoms with Gasteiger partial charge in [0.2, 0.25) is 0 Å². The van der Waals surface area contributed by atoms with E-state index in [1.807, 2.05) is 25.1 Å². The molecule has 1 N–H and O–H groups in total. The highest BCUT2D eigenvalue weighted by Gasteiger charge is 2.34. The van der Waals surface area contributed by atoms with Crippen LogP contribution in [0.2, 0.25) is 0 Å². The van der Waals surface area contributed by atoms with Gasteiger partial charge in [-0.1, -0.05) is 12.1 Å². The first kappa shape index (κ1) is 15.4. The molecule has 1 saturated heterocycles. The van der Waals surface area contributed by atoms with Gasteiger partial charge in [0.05, 0.1) is 0 Å². The Hall–Kier alpha value is -2.04. The van der Waals surface area contributed by atoms with Crippen LogP contribution in [0.15, 0.2) is 24.3 Å². The van der Waals surface area contributed by atoms with Crippen LogP contribution < -0.4 is 4.74 Å². The van der Waals surface area contributed by atoms with Crippen molar-refractivity contribution in [2.75, 3.05) is 6.54 Å². The number of carboxylic acids is 1. The van der Waals surface area contributed by atoms with Crippen LogP contribution in [0.5, 0.6) is 5.75 Å². The summed E-state index contributed by atoms with van der Waals surface area (Å²) in [4.78, 5) is 25.1. The molecule has 1 amide bonds. The molecular weight excluding hydrogens is 270 g/mol. The van der Waals surface area contributed by atoms with Gasteiger partial charge >= 0.3 is 5.97 Å². The second-order valence-electron chi connectivity index (χ2n) is 5.46. The molecule has 2 rings (SSSR count). The van der Waals surface area contributed by atoms with Crippen molar-refractivity contribution in [3.63, 3.8) is 0 Å². The minimum atomic E-state index is -0.939. The monoisotopic (exact) mass is 291 g/mol. The number of rotatable bonds is 4. The minimum Gasteiger partial charge on any atom is -0.481 e. The zero-order valence-corrected chi connectivity index (χ0v) is 12.4. The van der Waals surface area contributed by atoms with Gasteiger partial charge in [-0.05, 0) is 50.8 Å². The summed E-state index contributed by atoms with van der Waals surface area (Å²) in [5.74, 6) is -0.575. The highest BCUT2D eigenvalue weighted by Crippen LogP contribution is 2.20. The molecule has 0 saturated carbocycles. The van der Waals surface area contributed by atoms with Crippen molar-refractivity contribution in [1.82, 2.24) is 4.90 Å². The van der Waals surface area contributed by atoms with Gasteiger partial charge < -0.3 is 14.7 Å². The van der Waals surface area contributed by atoms with Crippen LogP contribution in [0.4, 0.5) is 0 Å². The van der Waals surface area contributed by atoms with Crippen LogP contribution in [0.1, 0.15) is 31.7 Å². The van der Waals surface area contributed by atoms with Crippen LogP contribution in [0.25, 0.3) is 0 Å². The molecule has 1 aromatic rings. The van der Waals surface area contributed by atoms with Gasteiger partial charge in [0.1, 0.15) is 11.8 Å². The number of hydrogen-bond donors (Lipinski definition) is 1. The summed E-state index contributed by atoms with van der Waals surface area (Å²) in [7, 11) is 0. The van der Waals surface area contributed by atoms with E-state index in [9.17, 15) is 14.7 Å². The zero-order chi connectivity index (χ0) is 15.4. The van der Waals surface area contributed by atoms with Gasteiger partial charge in [-0.15, -0.1) is 0 Å². The Morgan fingerprint density at radius 1 is 1.38 bits per heavy atom. The molecule has 1 aromatic carbocycles. The fraction of sp³-hybridized carbons (Fsp3) is 0.500. The van der Waals surface area contributed by atoms with E-state index in [4.69, 9.17) is 4.74 Å². The molecular formula is C16H21NO4. The first-order chi connectivity index (χ1) is 9.99. The van der Waals surface area contributed by atoms with Crippen LogP contribution in [0.3, 0.4) is 0 Å². The number of carbonyl (C=O) groups excluding carboxylic acids is 1. The molecule has 0 aromatic heterocycles. The van der Waals surface area contributed by atoms with Crippen LogP contribution in [-0.2, 0) is 9.59 Å². The molecule has 114 valence electrons. The maximum Gasteiger partial charge on any atom is 0.326 e. The standard InChI is InChI=1S/C16H21NO4/c1-11-6-5-7-13(10-11)21-12(2)15(18)17-9-4-3-8-14(17)16(19)20/h5-7,10,12,14H,3-4,8-9H2,1-2H3,(H,19,20)/t12?,14-/m1/s1. The van der Waals surface area contributed by atoms with Gasteiger partial charge in [-0.2, -0.15) is 0 Å². The predicted molar refractivity (Wildman–Crippen MR) is 78.3 cm³/mol. The van der Waals surface area contributed by atoms with E-state index in [1.54, 1.807) is 13.0 Å². The maximum atomic E-state index is 12.4. The topological polar surface area (TPSA) is 66.8 Å². The van der Waals surface area contributed by atoms with Gasteiger partial charge in [0, 0.05) is 6.54 Å². The van der Waals surface area contributed by atoms with Crippen molar-refractivity contribution >= 4 is 11.9 Å². The highest BCUT2D eigenvalue weighted by molar-refractivity contribution is 5.86. The lowest BCUT2D eigenvalue weighted by Gasteiger charge is -2.34. The lowest BCUT2D eigenvalue weighted by atomic mass is 10.0. The first-order valence-corrected chi connectivity index (χ1v) is 7.25. The number of piperidine rings is 1. The Bertz CT molecular complexity index is 529. The number of amides is 1. The van der Waals surface area contributed by atoms with Crippen LogP contribution >= 0.6 is 0 Å². The number of hydrogen-bond acceptors (Lipinski definition) is 3. The van der Waals surface area contributed by atoms with Crippen LogP contribution in [0, 0.1) is 6.92 Å². The lowest BCUT2D eigenvalue weighted by molar-refractivity contribution is -0.155. The van der Waals surface area contributed by atoms with E-state index in [2.05, 4.69) is 0 Å². The van der Waals surface area contributed by atoms with Gasteiger partial charge in [-0.25, -0.2) is 4.79 Å². The molecule has 1 aliphatic heterocycles. The molecule has 5 heteroatoms. The van der Waals surface area contributed by atoms with E-state index in [0.29, 0.717) is 18.7 Å². The second kappa shape index (κ2) is 6.61. The number of benzene rings is 1. The molecule has 0 aliphatic carbocycles. The molecule has 0 radical (unpaired) electrons. The minimum absolute atomic E-state index is 0.261. The molecule has 1 fully saturated rings. The maximum absolute atomic E-state index is 12.4. The Labute approximate surface area is 124 Å². The van der Waals surface area contributed by atoms with Crippen molar-refractivity contribution in [2.24, 2.45) is 0 Å². The average molecular weight is 291 g/mol. The molecule has 0 spiro atoms. The summed E-state index contributed by atoms with van der Waals surface area (Å²) in [6.45, 7) is 4.10. The van der Waals surface area contributed by atoms with Crippen molar-refractivity contribution in [3.8, 4) is 5.75 Å². The van der Waals surface area contributed by atoms with E-state index >= 15 is 0 Å². The number of carboxylic acid groups (broad SMARTS) is 1. The number of likely N-dealkylation sites (tertiary alicyclic amines) is 1. The van der Waals surface area contributed by atoms with Gasteiger partial charge in [-0.3, -0.25) is 4.79 Å². The Morgan fingerprint density at radius 3 is 2.81 bits per heavy atom. The normalized spacial score (nSPS) is 19.9. The van der Waals surface area contributed by atoms with Crippen molar-refractivity contribution in [1.29, 1.82) is 0 Å². The molecule has 1 aliphatic rings. The van der Waals surface area contributed by atoms with E-state index in [0.717, 1.165) is 18.4 Å². The highest BCUT2D eigenvalue weighted by atomic mass is 16.5. The summed E-state index contributed by atoms with van der Waals surface area (Å²) >= 11 is 0. The summed E-state index contributed by atoms with van der Waals surface area (Å²) in [5.41, 5.74) is 1.05. The number of nitrogens with zero attached hydrogens (tertiary/aromatic N) is 1. The smallest absolute Gasteiger partial charge is 0.326 e. The Balaban J connectivity index is 2.05. The van der Waals surface area contributed by atoms with Crippen LogP contribution in [-0.4, -0.2) is 40.6 Å². The second-order valence-corrected chi connectivity index (χ2v) is 5.46. The summed E-state index contributed by atoms with van der Waals surface area (Å²) < 4.78 is 5.65. The Kier molecular flexibility index (Phi) is 4.83. The molecule has 1 heterocycles. The number of carbonyl (C=O) groups is 2. The first-order valence-electron chi connectivity index (χ1n) is 7.25. The van der Waals surface area contributed by atoms with E-state index in [-0.39, 0.29) is 5.91 Å². The fourth-order valence-corrected chi connectivity index (χ4v) is 2.63. The third-order valence-corrected chi connectivity index (χ3v) is 3.72. The summed E-state index contributed by atoms with van der Waals surface area (Å²) in [6, 6.07) is 6.73. The van der Waals surface area contributed by atoms with Crippen molar-refractivity contribution in [2.45, 2.75) is 45.3 Å². The Morgan fingerprint density at radius 2 is 2.14 bits per heavy atom. The van der Waals surface area contributed by atoms with E-state index < -0.39 is 18.1 Å². The SMILES string of the molecule is Cc1cccc(OC(C)C(=O)N2CCCC[C@@H]2C(=O)O)c1. The van der Waals surface area contributed by atoms with Gasteiger partial charge in [0.15, 0.2) is 6.10 Å². The van der Waals surface area contributed by atoms with Crippen molar-refractivity contribution in [3.05, 3.63) is 29.8 Å². The number of aliphatic carboxylic acids is 1.